The van der Waals surface area contributed by atoms with Gasteiger partial charge in [-0.05, 0) is 124 Å². The summed E-state index contributed by atoms with van der Waals surface area (Å²) in [5, 5.41) is 32.2. The van der Waals surface area contributed by atoms with Crippen LogP contribution in [0.3, 0.4) is 0 Å². The predicted molar refractivity (Wildman–Crippen MR) is 211 cm³/mol. The molecule has 0 unspecified atom stereocenters. The van der Waals surface area contributed by atoms with Crippen LogP contribution in [0.5, 0.6) is 11.5 Å². The number of rotatable bonds is 10. The second-order valence-corrected chi connectivity index (χ2v) is 14.3. The van der Waals surface area contributed by atoms with Crippen LogP contribution in [0.2, 0.25) is 0 Å². The van der Waals surface area contributed by atoms with Crippen LogP contribution in [0, 0.1) is 0 Å². The first-order valence-corrected chi connectivity index (χ1v) is 19.0. The van der Waals surface area contributed by atoms with Gasteiger partial charge in [-0.2, -0.15) is 22.7 Å². The first-order valence-electron chi connectivity index (χ1n) is 17.1. The third kappa shape index (κ3) is 5.09. The third-order valence-electron chi connectivity index (χ3n) is 10.1. The van der Waals surface area contributed by atoms with Crippen molar-refractivity contribution in [3.8, 4) is 44.9 Å². The smallest absolute Gasteiger partial charge is 0.127 e. The third-order valence-corrected chi connectivity index (χ3v) is 11.5. The van der Waals surface area contributed by atoms with E-state index in [4.69, 9.17) is 9.47 Å². The van der Waals surface area contributed by atoms with Crippen molar-refractivity contribution >= 4 is 44.2 Å². The van der Waals surface area contributed by atoms with E-state index in [9.17, 15) is 10.2 Å². The molecule has 0 radical (unpaired) electrons. The maximum absolute atomic E-state index is 9.67. The number of hydrogen-bond acceptors (Lipinski definition) is 6. The standard InChI is InChI=1S/C45H34O4S2/c46-19-21-48-43-15-13-39(33-5-1-3-7-37(33)43)45(40-14-16-44(49-22-20-47)38-8-4-2-6-34(38)40)41-25-29(31-17-23-50-27-31)9-11-35(41)36-12-10-30(26-42(36)45)32-18-24-51-28-32/h1-18,23-28,46-47H,19-22H2. The first kappa shape index (κ1) is 31.7. The van der Waals surface area contributed by atoms with Gasteiger partial charge in [0.25, 0.3) is 0 Å². The summed E-state index contributed by atoms with van der Waals surface area (Å²) in [5.74, 6) is 1.49. The molecule has 2 N–H and O–H groups in total. The largest absolute Gasteiger partial charge is 0.491 e. The molecule has 2 heterocycles. The second kappa shape index (κ2) is 13.1. The van der Waals surface area contributed by atoms with E-state index in [1.54, 1.807) is 22.7 Å². The van der Waals surface area contributed by atoms with Crippen LogP contribution in [0.25, 0.3) is 54.9 Å². The Hall–Kier alpha value is -5.24. The van der Waals surface area contributed by atoms with Gasteiger partial charge in [-0.1, -0.05) is 84.9 Å². The summed E-state index contributed by atoms with van der Waals surface area (Å²) < 4.78 is 12.3. The fourth-order valence-corrected chi connectivity index (χ4v) is 9.36. The summed E-state index contributed by atoms with van der Waals surface area (Å²) in [7, 11) is 0. The van der Waals surface area contributed by atoms with Gasteiger partial charge in [-0.25, -0.2) is 0 Å². The zero-order valence-electron chi connectivity index (χ0n) is 27.7. The van der Waals surface area contributed by atoms with E-state index in [2.05, 4.69) is 131 Å². The lowest BCUT2D eigenvalue weighted by Gasteiger charge is -2.36. The van der Waals surface area contributed by atoms with Crippen molar-refractivity contribution in [2.24, 2.45) is 0 Å². The molecule has 250 valence electrons. The van der Waals surface area contributed by atoms with Crippen molar-refractivity contribution < 1.29 is 19.7 Å². The molecular weight excluding hydrogens is 669 g/mol. The molecule has 0 bridgehead atoms. The number of fused-ring (bicyclic) bond motifs is 5. The van der Waals surface area contributed by atoms with Gasteiger partial charge in [0.15, 0.2) is 0 Å². The van der Waals surface area contributed by atoms with Crippen LogP contribution < -0.4 is 9.47 Å². The molecule has 0 saturated heterocycles. The Morgan fingerprint density at radius 2 is 0.902 bits per heavy atom. The normalized spacial score (nSPS) is 13.0. The van der Waals surface area contributed by atoms with E-state index in [1.807, 2.05) is 12.1 Å². The highest BCUT2D eigenvalue weighted by atomic mass is 32.1. The van der Waals surface area contributed by atoms with E-state index in [0.29, 0.717) is 0 Å². The van der Waals surface area contributed by atoms with Crippen molar-refractivity contribution in [1.82, 2.24) is 0 Å². The number of benzene rings is 6. The van der Waals surface area contributed by atoms with Gasteiger partial charge < -0.3 is 19.7 Å². The molecule has 0 atom stereocenters. The zero-order chi connectivity index (χ0) is 34.4. The molecule has 6 aromatic carbocycles. The van der Waals surface area contributed by atoms with Gasteiger partial charge in [0.1, 0.15) is 24.7 Å². The Morgan fingerprint density at radius 1 is 0.451 bits per heavy atom. The van der Waals surface area contributed by atoms with E-state index in [-0.39, 0.29) is 26.4 Å². The number of thiophene rings is 2. The summed E-state index contributed by atoms with van der Waals surface area (Å²) in [5.41, 5.74) is 11.1. The van der Waals surface area contributed by atoms with Gasteiger partial charge >= 0.3 is 0 Å². The Balaban J connectivity index is 1.46. The molecule has 8 aromatic rings. The van der Waals surface area contributed by atoms with Crippen molar-refractivity contribution in [2.75, 3.05) is 26.4 Å². The minimum atomic E-state index is -0.757. The topological polar surface area (TPSA) is 58.9 Å². The Bertz CT molecular complexity index is 2340. The van der Waals surface area contributed by atoms with Gasteiger partial charge in [0.05, 0.1) is 18.6 Å². The molecule has 51 heavy (non-hydrogen) atoms. The van der Waals surface area contributed by atoms with E-state index < -0.39 is 5.41 Å². The molecule has 1 aliphatic carbocycles. The number of aliphatic hydroxyl groups is 2. The quantitative estimate of drug-likeness (QED) is 0.149. The van der Waals surface area contributed by atoms with Crippen LogP contribution in [-0.2, 0) is 5.41 Å². The van der Waals surface area contributed by atoms with Crippen LogP contribution in [-0.4, -0.2) is 36.6 Å². The lowest BCUT2D eigenvalue weighted by atomic mass is 9.65. The molecule has 0 saturated carbocycles. The molecular formula is C45H34O4S2. The van der Waals surface area contributed by atoms with Crippen molar-refractivity contribution in [1.29, 1.82) is 0 Å². The van der Waals surface area contributed by atoms with Crippen LogP contribution in [0.4, 0.5) is 0 Å². The maximum atomic E-state index is 9.67. The Morgan fingerprint density at radius 3 is 1.31 bits per heavy atom. The highest BCUT2D eigenvalue weighted by Crippen LogP contribution is 2.60. The molecule has 0 spiro atoms. The molecule has 2 aromatic heterocycles. The number of ether oxygens (including phenoxy) is 2. The average Bonchev–Trinajstić information content (AvgIpc) is 3.97. The Kier molecular flexibility index (Phi) is 8.17. The zero-order valence-corrected chi connectivity index (χ0v) is 29.3. The number of hydrogen-bond donors (Lipinski definition) is 2. The minimum Gasteiger partial charge on any atom is -0.491 e. The second-order valence-electron chi connectivity index (χ2n) is 12.8. The van der Waals surface area contributed by atoms with Gasteiger partial charge in [0.2, 0.25) is 0 Å². The summed E-state index contributed by atoms with van der Waals surface area (Å²) in [6, 6.07) is 43.8. The van der Waals surface area contributed by atoms with Crippen molar-refractivity contribution in [2.45, 2.75) is 5.41 Å². The predicted octanol–water partition coefficient (Wildman–Crippen LogP) is 10.6. The van der Waals surface area contributed by atoms with E-state index >= 15 is 0 Å². The van der Waals surface area contributed by atoms with Crippen LogP contribution in [0.1, 0.15) is 22.3 Å². The molecule has 9 rings (SSSR count). The summed E-state index contributed by atoms with van der Waals surface area (Å²) >= 11 is 3.41. The van der Waals surface area contributed by atoms with Gasteiger partial charge in [-0.3, -0.25) is 0 Å². The van der Waals surface area contributed by atoms with Crippen LogP contribution in [0.15, 0.2) is 143 Å². The SMILES string of the molecule is OCCOc1ccc(C2(c3ccc(OCCO)c4ccccc34)c3cc(-c4ccsc4)ccc3-c3ccc(-c4ccsc4)cc32)c2ccccc12. The Labute approximate surface area is 304 Å². The van der Waals surface area contributed by atoms with E-state index in [0.717, 1.165) is 44.2 Å². The molecule has 6 heteroatoms. The molecule has 0 fully saturated rings. The monoisotopic (exact) mass is 702 g/mol. The highest BCUT2D eigenvalue weighted by molar-refractivity contribution is 7.08. The molecule has 0 amide bonds. The van der Waals surface area contributed by atoms with Crippen molar-refractivity contribution in [3.63, 3.8) is 0 Å². The molecule has 1 aliphatic rings. The van der Waals surface area contributed by atoms with Gasteiger partial charge in [-0.15, -0.1) is 0 Å². The maximum Gasteiger partial charge on any atom is 0.127 e. The van der Waals surface area contributed by atoms with Crippen LogP contribution >= 0.6 is 22.7 Å². The molecule has 4 nitrogen and oxygen atoms in total. The van der Waals surface area contributed by atoms with E-state index in [1.165, 1.54) is 44.5 Å². The minimum absolute atomic E-state index is 0.0613. The first-order chi connectivity index (χ1) is 25.2. The fourth-order valence-electron chi connectivity index (χ4n) is 8.03. The number of aliphatic hydroxyl groups excluding tert-OH is 2. The van der Waals surface area contributed by atoms with Crippen molar-refractivity contribution in [3.05, 3.63) is 165 Å². The lowest BCUT2D eigenvalue weighted by Crippen LogP contribution is -2.29. The fraction of sp³-hybridized carbons (Fsp3) is 0.111. The molecule has 0 aliphatic heterocycles. The highest BCUT2D eigenvalue weighted by Gasteiger charge is 2.48. The summed E-state index contributed by atoms with van der Waals surface area (Å²) in [6.07, 6.45) is 0. The lowest BCUT2D eigenvalue weighted by molar-refractivity contribution is 0.203. The average molecular weight is 703 g/mol. The summed E-state index contributed by atoms with van der Waals surface area (Å²) in [4.78, 5) is 0. The summed E-state index contributed by atoms with van der Waals surface area (Å²) in [6.45, 7) is 0.310. The van der Waals surface area contributed by atoms with Gasteiger partial charge in [0, 0.05) is 10.8 Å².